The molecule has 0 unspecified atom stereocenters. The number of carbonyl (C=O) groups excluding carboxylic acids is 3. The summed E-state index contributed by atoms with van der Waals surface area (Å²) in [4.78, 5) is 38.0. The predicted molar refractivity (Wildman–Crippen MR) is 107 cm³/mol. The molecule has 0 aliphatic carbocycles. The highest BCUT2D eigenvalue weighted by Crippen LogP contribution is 2.32. The Kier molecular flexibility index (Phi) is 6.12. The van der Waals surface area contributed by atoms with Gasteiger partial charge in [0.1, 0.15) is 15.8 Å². The van der Waals surface area contributed by atoms with Gasteiger partial charge in [0.25, 0.3) is 11.8 Å². The van der Waals surface area contributed by atoms with Crippen LogP contribution in [0.2, 0.25) is 0 Å². The normalized spacial score (nSPS) is 15.1. The van der Waals surface area contributed by atoms with Crippen LogP contribution in [0, 0.1) is 0 Å². The summed E-state index contributed by atoms with van der Waals surface area (Å²) in [6.45, 7) is 0.0844. The smallest absolute Gasteiger partial charge is 0.269 e. The van der Waals surface area contributed by atoms with Gasteiger partial charge in [0.05, 0.1) is 11.2 Å². The number of hydrogen-bond acceptors (Lipinski definition) is 7. The Balaban J connectivity index is 1.49. The molecular weight excluding hydrogens is 402 g/mol. The summed E-state index contributed by atoms with van der Waals surface area (Å²) < 4.78 is 5.54. The first-order valence-corrected chi connectivity index (χ1v) is 9.33. The Labute approximate surface area is 169 Å². The van der Waals surface area contributed by atoms with Crippen LogP contribution in [0.5, 0.6) is 5.75 Å². The van der Waals surface area contributed by atoms with Gasteiger partial charge in [-0.1, -0.05) is 24.0 Å². The summed E-state index contributed by atoms with van der Waals surface area (Å²) in [7, 11) is 0. The molecule has 8 nitrogen and oxygen atoms in total. The number of phenolic OH excluding ortho intramolecular Hbond substituents is 1. The predicted octanol–water partition coefficient (Wildman–Crippen LogP) is 2.04. The third kappa shape index (κ3) is 4.78. The number of thiocarbonyl (C=S) groups is 1. The molecule has 0 radical (unpaired) electrons. The highest BCUT2D eigenvalue weighted by molar-refractivity contribution is 8.26. The van der Waals surface area contributed by atoms with E-state index in [1.165, 1.54) is 35.4 Å². The molecule has 1 aromatic heterocycles. The lowest BCUT2D eigenvalue weighted by molar-refractivity contribution is -0.124. The summed E-state index contributed by atoms with van der Waals surface area (Å²) in [6, 6.07) is 9.00. The van der Waals surface area contributed by atoms with Crippen molar-refractivity contribution in [2.24, 2.45) is 0 Å². The Hall–Kier alpha value is -3.11. The summed E-state index contributed by atoms with van der Waals surface area (Å²) in [5, 5.41) is 9.21. The number of nitrogens with zero attached hydrogens (tertiary/aromatic N) is 1. The zero-order chi connectivity index (χ0) is 20.1. The number of carbonyl (C=O) groups is 3. The second kappa shape index (κ2) is 8.72. The van der Waals surface area contributed by atoms with Gasteiger partial charge in [-0.3, -0.25) is 30.1 Å². The lowest BCUT2D eigenvalue weighted by atomic mass is 10.2. The van der Waals surface area contributed by atoms with Crippen molar-refractivity contribution in [1.82, 2.24) is 15.8 Å². The number of furan rings is 1. The number of nitrogens with one attached hydrogen (secondary N) is 2. The van der Waals surface area contributed by atoms with E-state index >= 15 is 0 Å². The van der Waals surface area contributed by atoms with E-state index in [9.17, 15) is 19.5 Å². The molecule has 0 saturated carbocycles. The first kappa shape index (κ1) is 19.6. The first-order valence-electron chi connectivity index (χ1n) is 8.11. The molecule has 144 valence electrons. The Bertz CT molecular complexity index is 939. The van der Waals surface area contributed by atoms with Crippen molar-refractivity contribution in [2.45, 2.75) is 6.42 Å². The van der Waals surface area contributed by atoms with Gasteiger partial charge in [0, 0.05) is 24.6 Å². The first-order chi connectivity index (χ1) is 13.4. The summed E-state index contributed by atoms with van der Waals surface area (Å²) in [6.07, 6.45) is 3.05. The van der Waals surface area contributed by atoms with Crippen LogP contribution < -0.4 is 10.9 Å². The number of hydrogen-bond donors (Lipinski definition) is 3. The standard InChI is InChI=1S/C18H15N3O5S2/c22-12-5-3-11(4-6-12)16(24)20-19-15(23)7-8-21-17(25)14(28-18(21)27)10-13-2-1-9-26-13/h1-6,9-10,22H,7-8H2,(H,19,23)(H,20,24)/b14-10+. The maximum Gasteiger partial charge on any atom is 0.269 e. The highest BCUT2D eigenvalue weighted by atomic mass is 32.2. The molecule has 2 heterocycles. The molecule has 28 heavy (non-hydrogen) atoms. The van der Waals surface area contributed by atoms with Crippen LogP contribution in [0.15, 0.2) is 52.0 Å². The highest BCUT2D eigenvalue weighted by Gasteiger charge is 2.32. The second-order valence-corrected chi connectivity index (χ2v) is 7.32. The third-order valence-electron chi connectivity index (χ3n) is 3.70. The molecule has 3 amide bonds. The van der Waals surface area contributed by atoms with Gasteiger partial charge >= 0.3 is 0 Å². The number of phenols is 1. The van der Waals surface area contributed by atoms with E-state index in [1.807, 2.05) is 0 Å². The van der Waals surface area contributed by atoms with Crippen molar-refractivity contribution in [3.63, 3.8) is 0 Å². The quantitative estimate of drug-likeness (QED) is 0.388. The summed E-state index contributed by atoms with van der Waals surface area (Å²) >= 11 is 6.33. The zero-order valence-electron chi connectivity index (χ0n) is 14.4. The topological polar surface area (TPSA) is 112 Å². The van der Waals surface area contributed by atoms with E-state index in [4.69, 9.17) is 16.6 Å². The largest absolute Gasteiger partial charge is 0.508 e. The Morgan fingerprint density at radius 2 is 1.96 bits per heavy atom. The minimum Gasteiger partial charge on any atom is -0.508 e. The summed E-state index contributed by atoms with van der Waals surface area (Å²) in [5.74, 6) is -0.732. The van der Waals surface area contributed by atoms with Gasteiger partial charge in [-0.05, 0) is 36.4 Å². The van der Waals surface area contributed by atoms with E-state index in [-0.39, 0.29) is 30.2 Å². The lowest BCUT2D eigenvalue weighted by Gasteiger charge is -2.14. The van der Waals surface area contributed by atoms with Crippen LogP contribution >= 0.6 is 24.0 Å². The molecule has 1 saturated heterocycles. The number of rotatable bonds is 5. The molecule has 10 heteroatoms. The molecule has 1 fully saturated rings. The summed E-state index contributed by atoms with van der Waals surface area (Å²) in [5.41, 5.74) is 4.82. The van der Waals surface area contributed by atoms with Crippen molar-refractivity contribution in [3.8, 4) is 5.75 Å². The Morgan fingerprint density at radius 3 is 2.64 bits per heavy atom. The lowest BCUT2D eigenvalue weighted by Crippen LogP contribution is -2.43. The zero-order valence-corrected chi connectivity index (χ0v) is 16.0. The van der Waals surface area contributed by atoms with Crippen molar-refractivity contribution in [3.05, 3.63) is 58.9 Å². The molecule has 0 bridgehead atoms. The Morgan fingerprint density at radius 1 is 1.21 bits per heavy atom. The molecular formula is C18H15N3O5S2. The van der Waals surface area contributed by atoms with Crippen LogP contribution in [0.1, 0.15) is 22.5 Å². The van der Waals surface area contributed by atoms with E-state index in [0.717, 1.165) is 11.8 Å². The van der Waals surface area contributed by atoms with E-state index in [1.54, 1.807) is 18.2 Å². The molecule has 1 aromatic carbocycles. The van der Waals surface area contributed by atoms with E-state index < -0.39 is 11.8 Å². The van der Waals surface area contributed by atoms with Gasteiger partial charge in [0.15, 0.2) is 0 Å². The molecule has 3 N–H and O–H groups in total. The molecule has 1 aliphatic heterocycles. The number of amides is 3. The monoisotopic (exact) mass is 417 g/mol. The van der Waals surface area contributed by atoms with Crippen LogP contribution in [-0.2, 0) is 9.59 Å². The number of aromatic hydroxyl groups is 1. The number of hydrazine groups is 1. The average Bonchev–Trinajstić information content (AvgIpc) is 3.27. The van der Waals surface area contributed by atoms with Crippen molar-refractivity contribution < 1.29 is 23.9 Å². The van der Waals surface area contributed by atoms with E-state index in [2.05, 4.69) is 10.9 Å². The molecule has 0 spiro atoms. The third-order valence-corrected chi connectivity index (χ3v) is 5.08. The van der Waals surface area contributed by atoms with Gasteiger partial charge in [-0.15, -0.1) is 0 Å². The molecule has 1 aliphatic rings. The number of benzene rings is 1. The molecule has 2 aromatic rings. The van der Waals surface area contributed by atoms with Crippen LogP contribution in [-0.4, -0.2) is 38.6 Å². The van der Waals surface area contributed by atoms with Gasteiger partial charge < -0.3 is 9.52 Å². The van der Waals surface area contributed by atoms with Crippen molar-refractivity contribution in [1.29, 1.82) is 0 Å². The SMILES string of the molecule is O=C(CCN1C(=O)/C(=C\c2ccco2)SC1=S)NNC(=O)c1ccc(O)cc1. The average molecular weight is 417 g/mol. The van der Waals surface area contributed by atoms with Crippen LogP contribution in [0.4, 0.5) is 0 Å². The number of thioether (sulfide) groups is 1. The minimum absolute atomic E-state index is 0.0326. The molecule has 3 rings (SSSR count). The van der Waals surface area contributed by atoms with Gasteiger partial charge in [-0.25, -0.2) is 0 Å². The maximum absolute atomic E-state index is 12.4. The van der Waals surface area contributed by atoms with Gasteiger partial charge in [0.2, 0.25) is 5.91 Å². The van der Waals surface area contributed by atoms with Gasteiger partial charge in [-0.2, -0.15) is 0 Å². The maximum atomic E-state index is 12.4. The fraction of sp³-hybridized carbons (Fsp3) is 0.111. The van der Waals surface area contributed by atoms with E-state index in [0.29, 0.717) is 15.0 Å². The van der Waals surface area contributed by atoms with Crippen LogP contribution in [0.3, 0.4) is 0 Å². The fourth-order valence-electron chi connectivity index (χ4n) is 2.28. The second-order valence-electron chi connectivity index (χ2n) is 5.65. The van der Waals surface area contributed by atoms with Crippen molar-refractivity contribution in [2.75, 3.05) is 6.54 Å². The fourth-order valence-corrected chi connectivity index (χ4v) is 3.57. The molecule has 0 atom stereocenters. The van der Waals surface area contributed by atoms with Crippen LogP contribution in [0.25, 0.3) is 6.08 Å². The van der Waals surface area contributed by atoms with Crippen molar-refractivity contribution >= 4 is 52.1 Å². The minimum atomic E-state index is -0.527.